The van der Waals surface area contributed by atoms with Crippen molar-refractivity contribution in [2.24, 2.45) is 0 Å². The molecule has 0 bridgehead atoms. The van der Waals surface area contributed by atoms with E-state index < -0.39 is 29.9 Å². The quantitative estimate of drug-likeness (QED) is 0.353. The first-order chi connectivity index (χ1) is 18.4. The molecule has 1 heterocycles. The lowest BCUT2D eigenvalue weighted by molar-refractivity contribution is -0.137. The zero-order valence-corrected chi connectivity index (χ0v) is 22.3. The highest BCUT2D eigenvalue weighted by atomic mass is 19.4. The summed E-state index contributed by atoms with van der Waals surface area (Å²) in [5, 5.41) is 5.78. The molecule has 8 nitrogen and oxygen atoms in total. The maximum absolute atomic E-state index is 13.2. The molecule has 210 valence electrons. The Kier molecular flexibility index (Phi) is 9.50. The molecule has 0 fully saturated rings. The third kappa shape index (κ3) is 7.46. The number of ether oxygens (including phenoxy) is 4. The molecule has 1 aliphatic rings. The number of allylic oxidation sites excluding steroid dienone is 2. The summed E-state index contributed by atoms with van der Waals surface area (Å²) >= 11 is 0. The first-order valence-electron chi connectivity index (χ1n) is 12.2. The fourth-order valence-corrected chi connectivity index (χ4v) is 3.92. The number of hydrogen-bond donors (Lipinski definition) is 2. The van der Waals surface area contributed by atoms with Gasteiger partial charge in [-0.2, -0.15) is 13.2 Å². The molecule has 2 N–H and O–H groups in total. The van der Waals surface area contributed by atoms with Crippen LogP contribution in [0.4, 0.5) is 22.8 Å². The van der Waals surface area contributed by atoms with E-state index in [1.165, 1.54) is 12.1 Å². The van der Waals surface area contributed by atoms with Crippen molar-refractivity contribution in [2.75, 3.05) is 7.11 Å². The minimum Gasteiger partial charge on any atom is -0.489 e. The second-order valence-electron chi connectivity index (χ2n) is 8.96. The molecular weight excluding hydrogens is 517 g/mol. The van der Waals surface area contributed by atoms with E-state index >= 15 is 0 Å². The average molecular weight is 549 g/mol. The Balaban J connectivity index is 2.01. The van der Waals surface area contributed by atoms with Crippen molar-refractivity contribution in [2.45, 2.75) is 58.9 Å². The number of benzene rings is 2. The number of alkyl carbamates (subject to hydrolysis) is 1. The molecule has 0 spiro atoms. The fraction of sp³-hybridized carbons (Fsp3) is 0.357. The monoisotopic (exact) mass is 548 g/mol. The highest BCUT2D eigenvalue weighted by Gasteiger charge is 2.37. The van der Waals surface area contributed by atoms with E-state index in [0.29, 0.717) is 28.9 Å². The van der Waals surface area contributed by atoms with E-state index in [1.807, 2.05) is 13.8 Å². The normalized spacial score (nSPS) is 16.3. The van der Waals surface area contributed by atoms with E-state index in [2.05, 4.69) is 15.4 Å². The highest BCUT2D eigenvalue weighted by molar-refractivity contribution is 5.70. The molecule has 2 aromatic carbocycles. The van der Waals surface area contributed by atoms with Crippen LogP contribution in [0.2, 0.25) is 0 Å². The fourth-order valence-electron chi connectivity index (χ4n) is 3.92. The SMILES string of the molecule is CCC(C)NC(=O)OC1=C(C)NC(C)=C(OC(=O)OC)C1c1ccccc1OCc1cccc(C(F)(F)F)c1. The maximum Gasteiger partial charge on any atom is 0.513 e. The van der Waals surface area contributed by atoms with Gasteiger partial charge in [-0.3, -0.25) is 0 Å². The van der Waals surface area contributed by atoms with Crippen molar-refractivity contribution in [1.82, 2.24) is 10.6 Å². The van der Waals surface area contributed by atoms with Gasteiger partial charge in [0.1, 0.15) is 29.8 Å². The summed E-state index contributed by atoms with van der Waals surface area (Å²) in [5.41, 5.74) is 0.921. The minimum absolute atomic E-state index is 0.105. The number of hydrogen-bond acceptors (Lipinski definition) is 7. The molecule has 0 aromatic heterocycles. The van der Waals surface area contributed by atoms with Crippen molar-refractivity contribution in [1.29, 1.82) is 0 Å². The van der Waals surface area contributed by atoms with Gasteiger partial charge in [0.2, 0.25) is 0 Å². The largest absolute Gasteiger partial charge is 0.513 e. The number of carbonyl (C=O) groups excluding carboxylic acids is 2. The number of dihydropyridines is 1. The summed E-state index contributed by atoms with van der Waals surface area (Å²) in [7, 11) is 1.16. The smallest absolute Gasteiger partial charge is 0.489 e. The molecule has 11 heteroatoms. The van der Waals surface area contributed by atoms with Crippen LogP contribution in [0.15, 0.2) is 71.4 Å². The Hall–Kier alpha value is -4.15. The summed E-state index contributed by atoms with van der Waals surface area (Å²) in [6.07, 6.45) is -5.50. The molecule has 0 saturated heterocycles. The lowest BCUT2D eigenvalue weighted by atomic mass is 9.90. The van der Waals surface area contributed by atoms with Crippen molar-refractivity contribution in [3.8, 4) is 5.75 Å². The Bertz CT molecular complexity index is 1270. The van der Waals surface area contributed by atoms with Gasteiger partial charge in [0, 0.05) is 11.6 Å². The van der Waals surface area contributed by atoms with Gasteiger partial charge >= 0.3 is 18.4 Å². The molecule has 2 unspecified atom stereocenters. The standard InChI is InChI=1S/C28H31F3N2O6/c1-6-16(2)32-26(34)38-24-17(3)33-18(4)25(39-27(35)36-5)23(24)21-12-7-8-13-22(21)37-15-19-10-9-11-20(14-19)28(29,30)31/h7-14,16,23,33H,6,15H2,1-5H3,(H,32,34). The molecule has 1 amide bonds. The predicted octanol–water partition coefficient (Wildman–Crippen LogP) is 6.74. The molecule has 0 aliphatic carbocycles. The number of amides is 1. The van der Waals surface area contributed by atoms with E-state index in [4.69, 9.17) is 14.2 Å². The number of halogens is 3. The summed E-state index contributed by atoms with van der Waals surface area (Å²) in [4.78, 5) is 24.9. The number of nitrogens with one attached hydrogen (secondary N) is 2. The number of para-hydroxylation sites is 1. The van der Waals surface area contributed by atoms with E-state index in [-0.39, 0.29) is 29.9 Å². The summed E-state index contributed by atoms with van der Waals surface area (Å²) in [5.74, 6) is -0.383. The van der Waals surface area contributed by atoms with Gasteiger partial charge in [-0.1, -0.05) is 37.3 Å². The Morgan fingerprint density at radius 2 is 1.69 bits per heavy atom. The Morgan fingerprint density at radius 1 is 1.03 bits per heavy atom. The van der Waals surface area contributed by atoms with Crippen LogP contribution in [-0.2, 0) is 27.0 Å². The zero-order valence-electron chi connectivity index (χ0n) is 22.3. The second-order valence-corrected chi connectivity index (χ2v) is 8.96. The van der Waals surface area contributed by atoms with Crippen LogP contribution in [0.1, 0.15) is 56.7 Å². The maximum atomic E-state index is 13.2. The first kappa shape index (κ1) is 29.4. The lowest BCUT2D eigenvalue weighted by Crippen LogP contribution is -2.35. The molecule has 0 saturated carbocycles. The van der Waals surface area contributed by atoms with Crippen molar-refractivity contribution < 1.29 is 41.7 Å². The van der Waals surface area contributed by atoms with Crippen LogP contribution in [0.25, 0.3) is 0 Å². The zero-order chi connectivity index (χ0) is 28.7. The van der Waals surface area contributed by atoms with Crippen molar-refractivity contribution in [3.05, 3.63) is 88.1 Å². The molecular formula is C28H31F3N2O6. The van der Waals surface area contributed by atoms with Crippen LogP contribution < -0.4 is 15.4 Å². The van der Waals surface area contributed by atoms with Gasteiger partial charge in [0.05, 0.1) is 24.1 Å². The topological polar surface area (TPSA) is 95.1 Å². The molecule has 3 rings (SSSR count). The predicted molar refractivity (Wildman–Crippen MR) is 136 cm³/mol. The molecule has 2 atom stereocenters. The second kappa shape index (κ2) is 12.6. The van der Waals surface area contributed by atoms with Crippen molar-refractivity contribution >= 4 is 12.2 Å². The molecule has 1 aliphatic heterocycles. The van der Waals surface area contributed by atoms with Gasteiger partial charge < -0.3 is 29.6 Å². The van der Waals surface area contributed by atoms with Crippen LogP contribution >= 0.6 is 0 Å². The Morgan fingerprint density at radius 3 is 2.33 bits per heavy atom. The van der Waals surface area contributed by atoms with Crippen LogP contribution in [0.3, 0.4) is 0 Å². The number of methoxy groups -OCH3 is 1. The van der Waals surface area contributed by atoms with Crippen LogP contribution in [0, 0.1) is 0 Å². The summed E-state index contributed by atoms with van der Waals surface area (Å²) in [6.45, 7) is 6.94. The van der Waals surface area contributed by atoms with Crippen LogP contribution in [0.5, 0.6) is 5.75 Å². The molecule has 2 aromatic rings. The van der Waals surface area contributed by atoms with Gasteiger partial charge in [-0.15, -0.1) is 0 Å². The Labute approximate surface area is 224 Å². The van der Waals surface area contributed by atoms with Crippen molar-refractivity contribution in [3.63, 3.8) is 0 Å². The van der Waals surface area contributed by atoms with E-state index in [9.17, 15) is 22.8 Å². The third-order valence-corrected chi connectivity index (χ3v) is 6.06. The average Bonchev–Trinajstić information content (AvgIpc) is 2.90. The molecule has 0 radical (unpaired) electrons. The van der Waals surface area contributed by atoms with Gasteiger partial charge in [-0.05, 0) is 51.0 Å². The number of carbonyl (C=O) groups is 2. The van der Waals surface area contributed by atoms with Gasteiger partial charge in [-0.25, -0.2) is 9.59 Å². The van der Waals surface area contributed by atoms with Gasteiger partial charge in [0.25, 0.3) is 0 Å². The number of alkyl halides is 3. The van der Waals surface area contributed by atoms with E-state index in [0.717, 1.165) is 19.2 Å². The third-order valence-electron chi connectivity index (χ3n) is 6.06. The van der Waals surface area contributed by atoms with Gasteiger partial charge in [0.15, 0.2) is 0 Å². The lowest BCUT2D eigenvalue weighted by Gasteiger charge is -2.31. The van der Waals surface area contributed by atoms with E-state index in [1.54, 1.807) is 38.1 Å². The van der Waals surface area contributed by atoms with Crippen LogP contribution in [-0.4, -0.2) is 25.4 Å². The first-order valence-corrected chi connectivity index (χ1v) is 12.2. The number of rotatable bonds is 8. The molecule has 39 heavy (non-hydrogen) atoms. The highest BCUT2D eigenvalue weighted by Crippen LogP contribution is 2.43. The summed E-state index contributed by atoms with van der Waals surface area (Å²) < 4.78 is 61.4. The minimum atomic E-state index is -4.49. The summed E-state index contributed by atoms with van der Waals surface area (Å²) in [6, 6.07) is 11.4.